The van der Waals surface area contributed by atoms with E-state index in [1.165, 1.54) is 23.9 Å². The number of amidine groups is 1. The summed E-state index contributed by atoms with van der Waals surface area (Å²) in [5, 5.41) is 11.5. The molecule has 0 bridgehead atoms. The summed E-state index contributed by atoms with van der Waals surface area (Å²) in [6.45, 7) is 5.25. The van der Waals surface area contributed by atoms with Gasteiger partial charge in [0.15, 0.2) is 12.0 Å². The van der Waals surface area contributed by atoms with Crippen LogP contribution in [0.2, 0.25) is 0 Å². The fourth-order valence-electron chi connectivity index (χ4n) is 1.96. The van der Waals surface area contributed by atoms with E-state index in [0.717, 1.165) is 5.56 Å². The van der Waals surface area contributed by atoms with Gasteiger partial charge in [-0.15, -0.1) is 12.4 Å². The van der Waals surface area contributed by atoms with Crippen LogP contribution in [-0.4, -0.2) is 23.4 Å². The van der Waals surface area contributed by atoms with Crippen LogP contribution in [0.25, 0.3) is 0 Å². The topological polar surface area (TPSA) is 100.0 Å². The van der Waals surface area contributed by atoms with E-state index >= 15 is 0 Å². The maximum Gasteiger partial charge on any atom is 0.270 e. The van der Waals surface area contributed by atoms with Crippen LogP contribution in [0.5, 0.6) is 5.75 Å². The quantitative estimate of drug-likeness (QED) is 0.374. The summed E-state index contributed by atoms with van der Waals surface area (Å²) in [5.41, 5.74) is 7.31. The molecule has 0 saturated heterocycles. The number of nitrogens with two attached hydrogens (primary N) is 1. The van der Waals surface area contributed by atoms with E-state index < -0.39 is 4.92 Å². The zero-order valence-electron chi connectivity index (χ0n) is 13.0. The van der Waals surface area contributed by atoms with Crippen LogP contribution in [0.15, 0.2) is 17.1 Å². The van der Waals surface area contributed by atoms with Gasteiger partial charge in [0, 0.05) is 35.6 Å². The Bertz CT molecular complexity index is 596. The Labute approximate surface area is 145 Å². The Morgan fingerprint density at radius 3 is 2.91 bits per heavy atom. The first-order chi connectivity index (χ1) is 10.5. The summed E-state index contributed by atoms with van der Waals surface area (Å²) in [6, 6.07) is 3.01. The van der Waals surface area contributed by atoms with E-state index in [4.69, 9.17) is 15.2 Å². The highest BCUT2D eigenvalue weighted by molar-refractivity contribution is 8.13. The molecule has 1 aromatic rings. The molecule has 0 spiro atoms. The van der Waals surface area contributed by atoms with Crippen molar-refractivity contribution in [3.05, 3.63) is 33.4 Å². The Morgan fingerprint density at radius 2 is 2.26 bits per heavy atom. The number of hydrogen-bond donors (Lipinski definition) is 1. The summed E-state index contributed by atoms with van der Waals surface area (Å²) >= 11 is 1.35. The van der Waals surface area contributed by atoms with Crippen molar-refractivity contribution in [1.29, 1.82) is 0 Å². The fraction of sp³-hybridized carbons (Fsp3) is 0.500. The normalized spacial score (nSPS) is 14.0. The Balaban J connectivity index is 0.00000264. The third-order valence-corrected chi connectivity index (χ3v) is 3.85. The first-order valence-corrected chi connectivity index (χ1v) is 7.89. The van der Waals surface area contributed by atoms with Gasteiger partial charge in [-0.05, 0) is 5.92 Å². The van der Waals surface area contributed by atoms with Crippen molar-refractivity contribution in [2.45, 2.75) is 26.2 Å². The Hall–Kier alpha value is -1.51. The second kappa shape index (κ2) is 8.95. The second-order valence-electron chi connectivity index (χ2n) is 5.32. The number of aliphatic imine (C=N–C) groups is 1. The monoisotopic (exact) mass is 361 g/mol. The van der Waals surface area contributed by atoms with Crippen molar-refractivity contribution >= 4 is 35.0 Å². The SMILES string of the molecule is CC(C)CN=C(N)SCc1cc([N+](=O)[O-])cc2c1OCOC2.Cl. The lowest BCUT2D eigenvalue weighted by Gasteiger charge is -2.20. The van der Waals surface area contributed by atoms with E-state index in [9.17, 15) is 10.1 Å². The van der Waals surface area contributed by atoms with Gasteiger partial charge < -0.3 is 15.2 Å². The van der Waals surface area contributed by atoms with Gasteiger partial charge in [-0.3, -0.25) is 15.1 Å². The highest BCUT2D eigenvalue weighted by Gasteiger charge is 2.21. The maximum atomic E-state index is 11.0. The van der Waals surface area contributed by atoms with Crippen LogP contribution >= 0.6 is 24.2 Å². The molecule has 0 radical (unpaired) electrons. The molecule has 7 nitrogen and oxygen atoms in total. The predicted molar refractivity (Wildman–Crippen MR) is 93.3 cm³/mol. The van der Waals surface area contributed by atoms with E-state index in [0.29, 0.717) is 41.3 Å². The Morgan fingerprint density at radius 1 is 1.52 bits per heavy atom. The molecule has 9 heteroatoms. The summed E-state index contributed by atoms with van der Waals surface area (Å²) in [6.07, 6.45) is 0. The van der Waals surface area contributed by atoms with Gasteiger partial charge in [-0.25, -0.2) is 0 Å². The van der Waals surface area contributed by atoms with Gasteiger partial charge in [0.1, 0.15) is 5.75 Å². The third kappa shape index (κ3) is 5.56. The van der Waals surface area contributed by atoms with Gasteiger partial charge in [-0.2, -0.15) is 0 Å². The number of ether oxygens (including phenoxy) is 2. The first kappa shape index (κ1) is 19.5. The first-order valence-electron chi connectivity index (χ1n) is 6.90. The molecule has 23 heavy (non-hydrogen) atoms. The molecular formula is C14H20ClN3O4S. The minimum Gasteiger partial charge on any atom is -0.467 e. The molecule has 1 aromatic carbocycles. The van der Waals surface area contributed by atoms with Crippen molar-refractivity contribution in [3.8, 4) is 5.75 Å². The molecule has 0 fully saturated rings. The van der Waals surface area contributed by atoms with Gasteiger partial charge >= 0.3 is 0 Å². The number of nitro benzene ring substituents is 1. The molecular weight excluding hydrogens is 342 g/mol. The van der Waals surface area contributed by atoms with Gasteiger partial charge in [0.05, 0.1) is 11.5 Å². The minimum atomic E-state index is -0.417. The second-order valence-corrected chi connectivity index (χ2v) is 6.32. The van der Waals surface area contributed by atoms with Crippen molar-refractivity contribution in [2.24, 2.45) is 16.6 Å². The zero-order chi connectivity index (χ0) is 16.1. The number of nitrogens with zero attached hydrogens (tertiary/aromatic N) is 2. The van der Waals surface area contributed by atoms with Crippen LogP contribution in [0.3, 0.4) is 0 Å². The van der Waals surface area contributed by atoms with E-state index in [-0.39, 0.29) is 24.9 Å². The van der Waals surface area contributed by atoms with Crippen molar-refractivity contribution < 1.29 is 14.4 Å². The molecule has 0 unspecified atom stereocenters. The third-order valence-electron chi connectivity index (χ3n) is 2.97. The molecule has 2 rings (SSSR count). The summed E-state index contributed by atoms with van der Waals surface area (Å²) in [4.78, 5) is 14.9. The smallest absolute Gasteiger partial charge is 0.270 e. The molecule has 1 aliphatic rings. The van der Waals surface area contributed by atoms with Crippen LogP contribution in [0.4, 0.5) is 5.69 Å². The maximum absolute atomic E-state index is 11.0. The van der Waals surface area contributed by atoms with Gasteiger partial charge in [-0.1, -0.05) is 25.6 Å². The molecule has 0 saturated carbocycles. The standard InChI is InChI=1S/C14H19N3O4S.ClH/c1-9(2)5-16-14(15)22-7-11-4-12(17(18)19)3-10-6-20-8-21-13(10)11;/h3-4,9H,5-8H2,1-2H3,(H2,15,16);1H. The molecule has 0 aliphatic carbocycles. The number of nitro groups is 1. The van der Waals surface area contributed by atoms with Crippen LogP contribution in [0.1, 0.15) is 25.0 Å². The molecule has 128 valence electrons. The van der Waals surface area contributed by atoms with E-state index in [2.05, 4.69) is 18.8 Å². The van der Waals surface area contributed by atoms with Crippen LogP contribution in [-0.2, 0) is 17.1 Å². The van der Waals surface area contributed by atoms with Crippen molar-refractivity contribution in [1.82, 2.24) is 0 Å². The van der Waals surface area contributed by atoms with Crippen LogP contribution < -0.4 is 10.5 Å². The molecule has 0 atom stereocenters. The lowest BCUT2D eigenvalue weighted by Crippen LogP contribution is -2.14. The van der Waals surface area contributed by atoms with Gasteiger partial charge in [0.2, 0.25) is 0 Å². The largest absolute Gasteiger partial charge is 0.467 e. The predicted octanol–water partition coefficient (Wildman–Crippen LogP) is 3.09. The van der Waals surface area contributed by atoms with Crippen molar-refractivity contribution in [3.63, 3.8) is 0 Å². The molecule has 1 aliphatic heterocycles. The molecule has 1 heterocycles. The fourth-order valence-corrected chi connectivity index (χ4v) is 2.65. The lowest BCUT2D eigenvalue weighted by molar-refractivity contribution is -0.385. The molecule has 0 aromatic heterocycles. The van der Waals surface area contributed by atoms with Crippen molar-refractivity contribution in [2.75, 3.05) is 13.3 Å². The lowest BCUT2D eigenvalue weighted by atomic mass is 10.1. The van der Waals surface area contributed by atoms with Crippen LogP contribution in [0, 0.1) is 16.0 Å². The number of fused-ring (bicyclic) bond motifs is 1. The Kier molecular flexibility index (Phi) is 7.60. The number of halogens is 1. The number of thioether (sulfide) groups is 1. The molecule has 0 amide bonds. The summed E-state index contributed by atoms with van der Waals surface area (Å²) in [7, 11) is 0. The average molecular weight is 362 g/mol. The minimum absolute atomic E-state index is 0. The molecule has 2 N–H and O–H groups in total. The number of non-ortho nitro benzene ring substituents is 1. The summed E-state index contributed by atoms with van der Waals surface area (Å²) in [5.74, 6) is 1.56. The average Bonchev–Trinajstić information content (AvgIpc) is 2.50. The number of benzene rings is 1. The zero-order valence-corrected chi connectivity index (χ0v) is 14.6. The van der Waals surface area contributed by atoms with E-state index in [1.807, 2.05) is 0 Å². The van der Waals surface area contributed by atoms with Gasteiger partial charge in [0.25, 0.3) is 5.69 Å². The number of hydrogen-bond acceptors (Lipinski definition) is 6. The highest BCUT2D eigenvalue weighted by Crippen LogP contribution is 2.34. The summed E-state index contributed by atoms with van der Waals surface area (Å²) < 4.78 is 10.7. The highest BCUT2D eigenvalue weighted by atomic mass is 35.5. The number of rotatable bonds is 5. The van der Waals surface area contributed by atoms with E-state index in [1.54, 1.807) is 0 Å².